The van der Waals surface area contributed by atoms with Crippen LogP contribution in [0.5, 0.6) is 0 Å². The third kappa shape index (κ3) is 5.64. The highest BCUT2D eigenvalue weighted by Gasteiger charge is 2.18. The van der Waals surface area contributed by atoms with Crippen molar-refractivity contribution in [2.24, 2.45) is 11.8 Å². The Morgan fingerprint density at radius 1 is 1.05 bits per heavy atom. The first-order chi connectivity index (χ1) is 9.58. The lowest BCUT2D eigenvalue weighted by atomic mass is 9.94. The first kappa shape index (κ1) is 17.2. The second kappa shape index (κ2) is 9.15. The van der Waals surface area contributed by atoms with E-state index >= 15 is 0 Å². The van der Waals surface area contributed by atoms with E-state index in [4.69, 9.17) is 0 Å². The third-order valence-electron chi connectivity index (χ3n) is 4.08. The Balaban J connectivity index is 2.62. The van der Waals surface area contributed by atoms with Gasteiger partial charge in [0.25, 0.3) is 0 Å². The van der Waals surface area contributed by atoms with E-state index in [0.717, 1.165) is 19.3 Å². The molecule has 0 aliphatic carbocycles. The van der Waals surface area contributed by atoms with Gasteiger partial charge in [0.05, 0.1) is 6.10 Å². The number of benzene rings is 1. The molecule has 0 amide bonds. The molecule has 20 heavy (non-hydrogen) atoms. The maximum atomic E-state index is 10.3. The molecule has 1 aromatic rings. The smallest absolute Gasteiger partial charge is 0.0692 e. The molecule has 0 aliphatic rings. The number of aliphatic hydroxyl groups excluding tert-OH is 1. The Morgan fingerprint density at radius 3 is 2.15 bits per heavy atom. The Kier molecular flexibility index (Phi) is 7.86. The van der Waals surface area contributed by atoms with Crippen LogP contribution in [-0.4, -0.2) is 17.8 Å². The van der Waals surface area contributed by atoms with Crippen LogP contribution in [0.3, 0.4) is 0 Å². The number of aliphatic hydroxyl groups is 1. The largest absolute Gasteiger partial charge is 0.392 e. The van der Waals surface area contributed by atoms with Gasteiger partial charge in [-0.2, -0.15) is 0 Å². The lowest BCUT2D eigenvalue weighted by Gasteiger charge is -2.26. The highest BCUT2D eigenvalue weighted by atomic mass is 16.3. The van der Waals surface area contributed by atoms with Crippen molar-refractivity contribution in [2.75, 3.05) is 6.54 Å². The Morgan fingerprint density at radius 2 is 1.65 bits per heavy atom. The molecule has 0 saturated carbocycles. The summed E-state index contributed by atoms with van der Waals surface area (Å²) in [4.78, 5) is 0. The summed E-state index contributed by atoms with van der Waals surface area (Å²) in [5.41, 5.74) is 1.32. The molecule has 0 spiro atoms. The lowest BCUT2D eigenvalue weighted by Crippen LogP contribution is -2.35. The minimum absolute atomic E-state index is 0.247. The van der Waals surface area contributed by atoms with Crippen LogP contribution < -0.4 is 5.32 Å². The van der Waals surface area contributed by atoms with Gasteiger partial charge in [-0.25, -0.2) is 0 Å². The summed E-state index contributed by atoms with van der Waals surface area (Å²) in [5, 5.41) is 13.8. The van der Waals surface area contributed by atoms with E-state index in [1.165, 1.54) is 5.56 Å². The van der Waals surface area contributed by atoms with Crippen LogP contribution in [0, 0.1) is 11.8 Å². The highest BCUT2D eigenvalue weighted by Crippen LogP contribution is 2.22. The summed E-state index contributed by atoms with van der Waals surface area (Å²) >= 11 is 0. The topological polar surface area (TPSA) is 32.3 Å². The number of nitrogens with one attached hydrogen (secondary N) is 1. The molecule has 2 unspecified atom stereocenters. The summed E-state index contributed by atoms with van der Waals surface area (Å²) in [7, 11) is 0. The SMILES string of the molecule is CCC(CC)C(O)CNC(CC(C)C)c1ccccc1. The van der Waals surface area contributed by atoms with Crippen molar-refractivity contribution in [3.63, 3.8) is 0 Å². The van der Waals surface area contributed by atoms with E-state index in [9.17, 15) is 5.11 Å². The quantitative estimate of drug-likeness (QED) is 0.710. The molecule has 2 heteroatoms. The normalized spacial score (nSPS) is 14.8. The molecule has 0 saturated heterocycles. The Labute approximate surface area is 124 Å². The third-order valence-corrected chi connectivity index (χ3v) is 4.08. The molecule has 0 radical (unpaired) electrons. The molecule has 114 valence electrons. The summed E-state index contributed by atoms with van der Waals surface area (Å²) in [6, 6.07) is 10.9. The van der Waals surface area contributed by atoms with Gasteiger partial charge in [-0.3, -0.25) is 0 Å². The first-order valence-corrected chi connectivity index (χ1v) is 8.04. The maximum absolute atomic E-state index is 10.3. The summed E-state index contributed by atoms with van der Waals surface area (Å²) in [6.07, 6.45) is 2.93. The molecule has 0 aromatic heterocycles. The van der Waals surface area contributed by atoms with Gasteiger partial charge in [-0.15, -0.1) is 0 Å². The monoisotopic (exact) mass is 277 g/mol. The minimum atomic E-state index is -0.247. The zero-order chi connectivity index (χ0) is 15.0. The summed E-state index contributed by atoms with van der Waals surface area (Å²) in [6.45, 7) is 9.48. The molecule has 1 aromatic carbocycles. The van der Waals surface area contributed by atoms with Gasteiger partial charge in [0, 0.05) is 12.6 Å². The van der Waals surface area contributed by atoms with Gasteiger partial charge in [-0.05, 0) is 23.8 Å². The molecule has 0 fully saturated rings. The zero-order valence-electron chi connectivity index (χ0n) is 13.5. The molecular weight excluding hydrogens is 246 g/mol. The molecule has 2 nitrogen and oxygen atoms in total. The van der Waals surface area contributed by atoms with Gasteiger partial charge in [0.2, 0.25) is 0 Å². The molecule has 0 bridgehead atoms. The van der Waals surface area contributed by atoms with Crippen LogP contribution in [0.15, 0.2) is 30.3 Å². The van der Waals surface area contributed by atoms with E-state index in [2.05, 4.69) is 63.3 Å². The highest BCUT2D eigenvalue weighted by molar-refractivity contribution is 5.18. The lowest BCUT2D eigenvalue weighted by molar-refractivity contribution is 0.0972. The summed E-state index contributed by atoms with van der Waals surface area (Å²) < 4.78 is 0. The molecule has 1 rings (SSSR count). The number of hydrogen-bond donors (Lipinski definition) is 2. The zero-order valence-corrected chi connectivity index (χ0v) is 13.5. The van der Waals surface area contributed by atoms with Crippen LogP contribution in [0.4, 0.5) is 0 Å². The first-order valence-electron chi connectivity index (χ1n) is 8.04. The fraction of sp³-hybridized carbons (Fsp3) is 0.667. The van der Waals surface area contributed by atoms with E-state index in [-0.39, 0.29) is 6.10 Å². The van der Waals surface area contributed by atoms with E-state index in [0.29, 0.717) is 24.4 Å². The van der Waals surface area contributed by atoms with E-state index in [1.54, 1.807) is 0 Å². The van der Waals surface area contributed by atoms with Gasteiger partial charge in [0.1, 0.15) is 0 Å². The van der Waals surface area contributed by atoms with Crippen molar-refractivity contribution < 1.29 is 5.11 Å². The van der Waals surface area contributed by atoms with Gasteiger partial charge in [-0.1, -0.05) is 70.9 Å². The molecule has 2 N–H and O–H groups in total. The average molecular weight is 277 g/mol. The van der Waals surface area contributed by atoms with Crippen molar-refractivity contribution in [1.82, 2.24) is 5.32 Å². The van der Waals surface area contributed by atoms with Gasteiger partial charge < -0.3 is 10.4 Å². The maximum Gasteiger partial charge on any atom is 0.0692 e. The Hall–Kier alpha value is -0.860. The second-order valence-corrected chi connectivity index (χ2v) is 6.14. The van der Waals surface area contributed by atoms with Crippen LogP contribution in [-0.2, 0) is 0 Å². The van der Waals surface area contributed by atoms with Crippen molar-refractivity contribution in [1.29, 1.82) is 0 Å². The van der Waals surface area contributed by atoms with Crippen LogP contribution in [0.1, 0.15) is 58.6 Å². The molecule has 2 atom stereocenters. The van der Waals surface area contributed by atoms with Gasteiger partial charge in [0.15, 0.2) is 0 Å². The van der Waals surface area contributed by atoms with Gasteiger partial charge >= 0.3 is 0 Å². The minimum Gasteiger partial charge on any atom is -0.392 e. The fourth-order valence-electron chi connectivity index (χ4n) is 2.76. The van der Waals surface area contributed by atoms with Crippen molar-refractivity contribution >= 4 is 0 Å². The number of rotatable bonds is 9. The predicted octanol–water partition coefficient (Wildman–Crippen LogP) is 4.16. The van der Waals surface area contributed by atoms with Crippen LogP contribution >= 0.6 is 0 Å². The van der Waals surface area contributed by atoms with E-state index in [1.807, 2.05) is 0 Å². The number of hydrogen-bond acceptors (Lipinski definition) is 2. The van der Waals surface area contributed by atoms with Crippen molar-refractivity contribution in [2.45, 2.75) is 59.1 Å². The second-order valence-electron chi connectivity index (χ2n) is 6.14. The van der Waals surface area contributed by atoms with Crippen LogP contribution in [0.2, 0.25) is 0 Å². The predicted molar refractivity (Wildman–Crippen MR) is 86.7 cm³/mol. The standard InChI is InChI=1S/C18H31NO/c1-5-15(6-2)18(20)13-19-17(12-14(3)4)16-10-8-7-9-11-16/h7-11,14-15,17-20H,5-6,12-13H2,1-4H3. The average Bonchev–Trinajstić information content (AvgIpc) is 2.45. The van der Waals surface area contributed by atoms with Crippen molar-refractivity contribution in [3.05, 3.63) is 35.9 Å². The van der Waals surface area contributed by atoms with Crippen molar-refractivity contribution in [3.8, 4) is 0 Å². The van der Waals surface area contributed by atoms with Crippen LogP contribution in [0.25, 0.3) is 0 Å². The fourth-order valence-corrected chi connectivity index (χ4v) is 2.76. The molecule has 0 heterocycles. The summed E-state index contributed by atoms with van der Waals surface area (Å²) in [5.74, 6) is 1.04. The Bertz CT molecular complexity index is 346. The van der Waals surface area contributed by atoms with E-state index < -0.39 is 0 Å². The molecule has 0 aliphatic heterocycles. The molecular formula is C18H31NO.